The first-order chi connectivity index (χ1) is 4.13. The van der Waals surface area contributed by atoms with Gasteiger partial charge in [0.2, 0.25) is 0 Å². The Bertz CT molecular complexity index is 183. The lowest BCUT2D eigenvalue weighted by Gasteiger charge is -1.69. The molecule has 0 aliphatic heterocycles. The van der Waals surface area contributed by atoms with E-state index in [4.69, 9.17) is 14.1 Å². The van der Waals surface area contributed by atoms with E-state index in [1.54, 1.807) is 0 Å². The fraction of sp³-hybridized carbons (Fsp3) is 0. The molecule has 0 radical (unpaired) electrons. The number of rotatable bonds is 0. The predicted molar refractivity (Wildman–Crippen MR) is 20.6 cm³/mol. The van der Waals surface area contributed by atoms with Crippen LogP contribution < -0.4 is 0 Å². The minimum atomic E-state index is -3.13. The Morgan fingerprint density at radius 2 is 1.56 bits per heavy atom. The van der Waals surface area contributed by atoms with Crippen LogP contribution >= 0.6 is 0 Å². The lowest BCUT2D eigenvalue weighted by molar-refractivity contribution is -0.204. The third-order valence-corrected chi connectivity index (χ3v) is 0.612. The van der Waals surface area contributed by atoms with E-state index in [1.807, 2.05) is 0 Å². The zero-order chi connectivity index (χ0) is 7.28. The summed E-state index contributed by atoms with van der Waals surface area (Å²) in [5.41, 5.74) is 0. The number of hydrogen-bond acceptors (Lipinski definition) is 5. The van der Waals surface area contributed by atoms with Gasteiger partial charge in [0, 0.05) is 0 Å². The van der Waals surface area contributed by atoms with Crippen molar-refractivity contribution in [1.82, 2.24) is 0 Å². The molecule has 0 amide bonds. The molecule has 1 heterocycles. The van der Waals surface area contributed by atoms with Crippen LogP contribution in [0.15, 0.2) is 13.2 Å². The van der Waals surface area contributed by atoms with Gasteiger partial charge in [-0.15, -0.1) is 4.74 Å². The topological polar surface area (TPSA) is 114 Å². The number of hydrogen-bond donors (Lipinski definition) is 2. The fourth-order valence-corrected chi connectivity index (χ4v) is 0.185. The quantitative estimate of drug-likeness (QED) is 0.354. The van der Waals surface area contributed by atoms with Crippen LogP contribution in [-0.2, 0) is 8.92 Å². The molecule has 0 bridgehead atoms. The Balaban J connectivity index is 0.000000148. The normalized spacial score (nSPS) is 7.56. The fourth-order valence-electron chi connectivity index (χ4n) is 0.0618. The highest BCUT2D eigenvalue weighted by atomic mass is 28.3. The summed E-state index contributed by atoms with van der Waals surface area (Å²) in [4.78, 5) is 14.3. The molecule has 1 aromatic heterocycles. The van der Waals surface area contributed by atoms with Crippen molar-refractivity contribution in [1.29, 1.82) is 0 Å². The van der Waals surface area contributed by atoms with Crippen LogP contribution in [0.1, 0.15) is 0 Å². The first kappa shape index (κ1) is 8.03. The lowest BCUT2D eigenvalue weighted by Crippen LogP contribution is -1.90. The second kappa shape index (κ2) is 3.97. The van der Waals surface area contributed by atoms with Gasteiger partial charge in [0.05, 0.1) is 0 Å². The molecule has 0 saturated carbocycles. The second-order valence-corrected chi connectivity index (χ2v) is 2.17. The average molecular weight is 170 g/mol. The summed E-state index contributed by atoms with van der Waals surface area (Å²) in [6.07, 6.45) is 0. The van der Waals surface area contributed by atoms with Crippen LogP contribution in [0, 0.1) is 0 Å². The average Bonchev–Trinajstić information content (AvgIpc) is 1.59. The van der Waals surface area contributed by atoms with Gasteiger partial charge < -0.3 is 9.59 Å². The molecule has 0 aliphatic carbocycles. The molecular formula is H2O7Si2. The maximum Gasteiger partial charge on any atom is 0.860 e. The smallest absolute Gasteiger partial charge is 0.511 e. The van der Waals surface area contributed by atoms with Crippen molar-refractivity contribution in [3.8, 4) is 0 Å². The van der Waals surface area contributed by atoms with Crippen molar-refractivity contribution in [2.24, 2.45) is 0 Å². The second-order valence-electron chi connectivity index (χ2n) is 0.767. The zero-order valence-electron chi connectivity index (χ0n) is 3.94. The molecule has 0 unspecified atom stereocenters. The molecule has 52 valence electrons. The minimum absolute atomic E-state index is 2.17. The third kappa shape index (κ3) is 7.03. The standard InChI is InChI=1S/O4Si.H2O3Si/c1-5-3-2-4-5;1-4(2)3/h;1-2H. The molecule has 0 saturated heterocycles. The van der Waals surface area contributed by atoms with E-state index in [1.165, 1.54) is 0 Å². The molecule has 1 aromatic rings. The lowest BCUT2D eigenvalue weighted by atomic mass is 14.8. The van der Waals surface area contributed by atoms with Gasteiger partial charge in [-0.25, -0.2) is 8.51 Å². The van der Waals surface area contributed by atoms with Crippen molar-refractivity contribution < 1.29 is 31.8 Å². The highest BCUT2D eigenvalue weighted by molar-refractivity contribution is 6.22. The Labute approximate surface area is 50.7 Å². The maximum absolute atomic E-state index is 9.52. The summed E-state index contributed by atoms with van der Waals surface area (Å²) >= 11 is 0. The Kier molecular flexibility index (Phi) is 3.54. The molecule has 0 spiro atoms. The summed E-state index contributed by atoms with van der Waals surface area (Å²) < 4.78 is 29.3. The van der Waals surface area contributed by atoms with E-state index < -0.39 is 18.0 Å². The van der Waals surface area contributed by atoms with Gasteiger partial charge in [0.15, 0.2) is 0 Å². The summed E-state index contributed by atoms with van der Waals surface area (Å²) in [5, 5.41) is 0. The third-order valence-electron chi connectivity index (χ3n) is 0.204. The molecule has 0 atom stereocenters. The van der Waals surface area contributed by atoms with Gasteiger partial charge in [0.1, 0.15) is 0 Å². The van der Waals surface area contributed by atoms with E-state index in [0.29, 0.717) is 0 Å². The van der Waals surface area contributed by atoms with E-state index in [0.717, 1.165) is 0 Å². The molecular weight excluding hydrogens is 168 g/mol. The van der Waals surface area contributed by atoms with E-state index >= 15 is 0 Å². The van der Waals surface area contributed by atoms with E-state index in [2.05, 4.69) is 13.2 Å². The minimum Gasteiger partial charge on any atom is -0.511 e. The van der Waals surface area contributed by atoms with Crippen LogP contribution in [0.4, 0.5) is 0 Å². The van der Waals surface area contributed by atoms with Crippen molar-refractivity contribution in [3.63, 3.8) is 0 Å². The Morgan fingerprint density at radius 1 is 1.33 bits per heavy atom. The predicted octanol–water partition coefficient (Wildman–Crippen LogP) is -1.65. The first-order valence-corrected chi connectivity index (χ1v) is 4.12. The molecule has 0 aliphatic rings. The van der Waals surface area contributed by atoms with Gasteiger partial charge in [-0.05, 0) is 0 Å². The SMILES string of the molecule is O=[Si](O)O.O=[si]1ooo1. The summed E-state index contributed by atoms with van der Waals surface area (Å²) in [7, 11) is -5.30. The largest absolute Gasteiger partial charge is 0.860 e. The van der Waals surface area contributed by atoms with Crippen molar-refractivity contribution >= 4 is 18.0 Å². The van der Waals surface area contributed by atoms with Crippen molar-refractivity contribution in [2.75, 3.05) is 0 Å². The molecule has 1 rings (SSSR count). The molecule has 0 aromatic carbocycles. The molecule has 9 heavy (non-hydrogen) atoms. The van der Waals surface area contributed by atoms with Crippen molar-refractivity contribution in [2.45, 2.75) is 0 Å². The Morgan fingerprint density at radius 3 is 1.56 bits per heavy atom. The Hall–Kier alpha value is -0.966. The van der Waals surface area contributed by atoms with Gasteiger partial charge >= 0.3 is 18.0 Å². The van der Waals surface area contributed by atoms with Crippen LogP contribution in [0.25, 0.3) is 0 Å². The van der Waals surface area contributed by atoms with Crippen LogP contribution in [0.3, 0.4) is 0 Å². The zero-order valence-corrected chi connectivity index (χ0v) is 5.94. The van der Waals surface area contributed by atoms with E-state index in [9.17, 15) is 4.46 Å². The maximum atomic E-state index is 9.52. The van der Waals surface area contributed by atoms with Gasteiger partial charge in [0.25, 0.3) is 0 Å². The molecule has 0 fully saturated rings. The van der Waals surface area contributed by atoms with E-state index in [-0.39, 0.29) is 0 Å². The van der Waals surface area contributed by atoms with Gasteiger partial charge in [-0.2, -0.15) is 0 Å². The molecule has 2 N–H and O–H groups in total. The van der Waals surface area contributed by atoms with Crippen LogP contribution in [-0.4, -0.2) is 27.6 Å². The van der Waals surface area contributed by atoms with Crippen LogP contribution in [0.2, 0.25) is 0 Å². The van der Waals surface area contributed by atoms with Crippen molar-refractivity contribution in [3.05, 3.63) is 0 Å². The monoisotopic (exact) mass is 170 g/mol. The van der Waals surface area contributed by atoms with Gasteiger partial charge in [-0.1, -0.05) is 0 Å². The van der Waals surface area contributed by atoms with Gasteiger partial charge in [-0.3, -0.25) is 8.92 Å². The molecule has 7 nitrogen and oxygen atoms in total. The first-order valence-electron chi connectivity index (χ1n) is 1.60. The van der Waals surface area contributed by atoms with Crippen LogP contribution in [0.5, 0.6) is 0 Å². The molecule has 9 heteroatoms. The highest BCUT2D eigenvalue weighted by Crippen LogP contribution is 1.73. The summed E-state index contributed by atoms with van der Waals surface area (Å²) in [6, 6.07) is 0. The summed E-state index contributed by atoms with van der Waals surface area (Å²) in [6.45, 7) is 0. The summed E-state index contributed by atoms with van der Waals surface area (Å²) in [5.74, 6) is 0. The highest BCUT2D eigenvalue weighted by Gasteiger charge is 1.95.